The van der Waals surface area contributed by atoms with Gasteiger partial charge in [0.2, 0.25) is 5.91 Å². The van der Waals surface area contributed by atoms with Crippen LogP contribution in [-0.2, 0) is 4.79 Å². The third-order valence-corrected chi connectivity index (χ3v) is 4.53. The number of anilines is 2. The molecule has 1 amide bonds. The zero-order valence-electron chi connectivity index (χ0n) is 15.2. The van der Waals surface area contributed by atoms with Gasteiger partial charge in [-0.25, -0.2) is 4.39 Å². The highest BCUT2D eigenvalue weighted by molar-refractivity contribution is 6.02. The highest BCUT2D eigenvalue weighted by atomic mass is 19.1. The summed E-state index contributed by atoms with van der Waals surface area (Å²) in [6.45, 7) is 1.40. The number of carbonyl (C=O) groups excluding carboxylic acids is 1. The first-order valence-electron chi connectivity index (χ1n) is 8.86. The molecule has 1 saturated heterocycles. The molecule has 27 heavy (non-hydrogen) atoms. The van der Waals surface area contributed by atoms with Crippen molar-refractivity contribution in [3.05, 3.63) is 41.8 Å². The molecule has 0 radical (unpaired) electrons. The largest absolute Gasteiger partial charge is 0.383 e. The van der Waals surface area contributed by atoms with Gasteiger partial charge in [-0.15, -0.1) is 0 Å². The highest BCUT2D eigenvalue weighted by Crippen LogP contribution is 2.14. The Labute approximate surface area is 157 Å². The van der Waals surface area contributed by atoms with E-state index in [9.17, 15) is 9.18 Å². The number of nitrogens with zero attached hydrogens (tertiary/aromatic N) is 3. The number of hydrogen-bond acceptors (Lipinski definition) is 5. The molecular weight excluding hydrogens is 349 g/mol. The minimum absolute atomic E-state index is 0.0245. The first-order chi connectivity index (χ1) is 13.1. The number of carbonyl (C=O) groups is 1. The van der Waals surface area contributed by atoms with Crippen LogP contribution in [0.5, 0.6) is 0 Å². The Morgan fingerprint density at radius 3 is 3.07 bits per heavy atom. The summed E-state index contributed by atoms with van der Waals surface area (Å²) in [4.78, 5) is 18.6. The van der Waals surface area contributed by atoms with Gasteiger partial charge in [-0.3, -0.25) is 14.9 Å². The van der Waals surface area contributed by atoms with Gasteiger partial charge in [0.15, 0.2) is 0 Å². The molecule has 0 saturated carbocycles. The molecule has 3 rings (SSSR count). The maximum atomic E-state index is 13.2. The Bertz CT molecular complexity index is 820. The number of halogens is 1. The summed E-state index contributed by atoms with van der Waals surface area (Å²) in [6.07, 6.45) is 3.44. The number of hydrogen-bond donors (Lipinski definition) is 4. The molecule has 9 heteroatoms. The van der Waals surface area contributed by atoms with Crippen LogP contribution in [0.15, 0.2) is 35.5 Å². The van der Waals surface area contributed by atoms with Gasteiger partial charge in [-0.1, -0.05) is 6.07 Å². The molecule has 8 nitrogen and oxygen atoms in total. The summed E-state index contributed by atoms with van der Waals surface area (Å²) < 4.78 is 13.2. The number of H-pyrrole nitrogens is 1. The van der Waals surface area contributed by atoms with Gasteiger partial charge in [0, 0.05) is 31.9 Å². The number of nitrogen functional groups attached to an aromatic ring is 1. The van der Waals surface area contributed by atoms with Crippen LogP contribution < -0.4 is 16.4 Å². The van der Waals surface area contributed by atoms with Crippen molar-refractivity contribution in [2.75, 3.05) is 37.7 Å². The van der Waals surface area contributed by atoms with E-state index in [2.05, 4.69) is 25.8 Å². The fraction of sp³-hybridized carbons (Fsp3) is 0.389. The Hall–Kier alpha value is -3.10. The highest BCUT2D eigenvalue weighted by Gasteiger charge is 2.25. The van der Waals surface area contributed by atoms with Gasteiger partial charge in [0.1, 0.15) is 17.5 Å². The molecule has 0 bridgehead atoms. The van der Waals surface area contributed by atoms with Crippen LogP contribution in [0.4, 0.5) is 15.9 Å². The van der Waals surface area contributed by atoms with Crippen molar-refractivity contribution in [3.63, 3.8) is 0 Å². The zero-order valence-corrected chi connectivity index (χ0v) is 15.2. The molecule has 144 valence electrons. The van der Waals surface area contributed by atoms with Crippen molar-refractivity contribution in [2.45, 2.75) is 18.9 Å². The van der Waals surface area contributed by atoms with E-state index in [4.69, 9.17) is 5.73 Å². The van der Waals surface area contributed by atoms with Gasteiger partial charge >= 0.3 is 0 Å². The lowest BCUT2D eigenvalue weighted by Gasteiger charge is -2.34. The molecule has 1 aliphatic heterocycles. The predicted molar refractivity (Wildman–Crippen MR) is 103 cm³/mol. The Morgan fingerprint density at radius 1 is 1.52 bits per heavy atom. The summed E-state index contributed by atoms with van der Waals surface area (Å²) in [5.41, 5.74) is 7.17. The standard InChI is InChI=1S/C18H24FN7O/c1-21-18(15-9-23-25-17(15)20)24-14-6-3-7-26(11-14)16(27)10-22-13-5-2-4-12(19)8-13/h2,4-5,8-9,14,22H,3,6-7,10-11H2,1H3,(H,21,24)(H3,20,23,25)/t14-/m0/s1. The maximum absolute atomic E-state index is 13.2. The number of benzene rings is 1. The number of aliphatic imine (C=N–C) groups is 1. The monoisotopic (exact) mass is 373 g/mol. The van der Waals surface area contributed by atoms with Crippen molar-refractivity contribution in [3.8, 4) is 0 Å². The molecule has 1 atom stereocenters. The number of amidine groups is 1. The van der Waals surface area contributed by atoms with E-state index in [-0.39, 0.29) is 24.3 Å². The van der Waals surface area contributed by atoms with Crippen LogP contribution in [0.1, 0.15) is 18.4 Å². The van der Waals surface area contributed by atoms with E-state index >= 15 is 0 Å². The maximum Gasteiger partial charge on any atom is 0.241 e. The van der Waals surface area contributed by atoms with Gasteiger partial charge in [0.05, 0.1) is 18.3 Å². The zero-order chi connectivity index (χ0) is 19.2. The van der Waals surface area contributed by atoms with Crippen LogP contribution >= 0.6 is 0 Å². The SMILES string of the molecule is CN=C(N[C@H]1CCCN(C(=O)CNc2cccc(F)c2)C1)c1cn[nH]c1N. The second kappa shape index (κ2) is 8.52. The normalized spacial score (nSPS) is 17.6. The Morgan fingerprint density at radius 2 is 2.37 bits per heavy atom. The van der Waals surface area contributed by atoms with Gasteiger partial charge in [0.25, 0.3) is 0 Å². The molecule has 1 fully saturated rings. The number of nitrogens with one attached hydrogen (secondary N) is 3. The van der Waals surface area contributed by atoms with E-state index < -0.39 is 0 Å². The fourth-order valence-corrected chi connectivity index (χ4v) is 3.15. The van der Waals surface area contributed by atoms with Crippen LogP contribution in [0.2, 0.25) is 0 Å². The van der Waals surface area contributed by atoms with Crippen LogP contribution in [0, 0.1) is 5.82 Å². The Balaban J connectivity index is 1.55. The molecule has 5 N–H and O–H groups in total. The van der Waals surface area contributed by atoms with E-state index in [1.54, 1.807) is 30.3 Å². The number of nitrogens with two attached hydrogens (primary N) is 1. The average molecular weight is 373 g/mol. The molecule has 2 aromatic rings. The molecule has 0 spiro atoms. The topological polar surface area (TPSA) is 111 Å². The lowest BCUT2D eigenvalue weighted by atomic mass is 10.0. The van der Waals surface area contributed by atoms with Crippen molar-refractivity contribution in [1.82, 2.24) is 20.4 Å². The van der Waals surface area contributed by atoms with Gasteiger partial charge in [-0.05, 0) is 31.0 Å². The second-order valence-corrected chi connectivity index (χ2v) is 6.46. The summed E-state index contributed by atoms with van der Waals surface area (Å²) in [5, 5.41) is 12.9. The van der Waals surface area contributed by atoms with E-state index in [0.29, 0.717) is 36.0 Å². The van der Waals surface area contributed by atoms with E-state index in [1.807, 2.05) is 0 Å². The number of rotatable bonds is 5. The van der Waals surface area contributed by atoms with E-state index in [1.165, 1.54) is 12.1 Å². The first-order valence-corrected chi connectivity index (χ1v) is 8.86. The molecule has 1 aliphatic rings. The number of likely N-dealkylation sites (tertiary alicyclic amines) is 1. The van der Waals surface area contributed by atoms with Crippen molar-refractivity contribution >= 4 is 23.2 Å². The minimum atomic E-state index is -0.334. The summed E-state index contributed by atoms with van der Waals surface area (Å²) in [5.74, 6) is 0.743. The summed E-state index contributed by atoms with van der Waals surface area (Å²) in [6, 6.07) is 6.15. The number of piperidine rings is 1. The molecule has 0 unspecified atom stereocenters. The van der Waals surface area contributed by atoms with Crippen LogP contribution in [0.25, 0.3) is 0 Å². The van der Waals surface area contributed by atoms with Crippen LogP contribution in [-0.4, -0.2) is 59.6 Å². The van der Waals surface area contributed by atoms with Crippen molar-refractivity contribution < 1.29 is 9.18 Å². The number of aromatic amines is 1. The third kappa shape index (κ3) is 4.75. The van der Waals surface area contributed by atoms with E-state index in [0.717, 1.165) is 12.8 Å². The summed E-state index contributed by atoms with van der Waals surface area (Å²) in [7, 11) is 1.68. The molecule has 1 aromatic carbocycles. The van der Waals surface area contributed by atoms with Gasteiger partial charge in [-0.2, -0.15) is 5.10 Å². The minimum Gasteiger partial charge on any atom is -0.383 e. The first kappa shape index (κ1) is 18.7. The molecule has 0 aliphatic carbocycles. The molecule has 2 heterocycles. The lowest BCUT2D eigenvalue weighted by Crippen LogP contribution is -2.51. The van der Waals surface area contributed by atoms with Gasteiger partial charge < -0.3 is 21.3 Å². The lowest BCUT2D eigenvalue weighted by molar-refractivity contribution is -0.130. The van der Waals surface area contributed by atoms with Crippen molar-refractivity contribution in [2.24, 2.45) is 4.99 Å². The summed E-state index contributed by atoms with van der Waals surface area (Å²) >= 11 is 0. The smallest absolute Gasteiger partial charge is 0.241 e. The fourth-order valence-electron chi connectivity index (χ4n) is 3.15. The third-order valence-electron chi connectivity index (χ3n) is 4.53. The number of amides is 1. The van der Waals surface area contributed by atoms with Crippen LogP contribution in [0.3, 0.4) is 0 Å². The second-order valence-electron chi connectivity index (χ2n) is 6.46. The predicted octanol–water partition coefficient (Wildman–Crippen LogP) is 1.20. The van der Waals surface area contributed by atoms with Crippen molar-refractivity contribution in [1.29, 1.82) is 0 Å². The molecule has 1 aromatic heterocycles. The Kier molecular flexibility index (Phi) is 5.90. The average Bonchev–Trinajstić information content (AvgIpc) is 3.10. The molecular formula is C18H24FN7O. The number of aromatic nitrogens is 2. The quantitative estimate of drug-likeness (QED) is 0.465.